The Balaban J connectivity index is 1.97. The summed E-state index contributed by atoms with van der Waals surface area (Å²) in [7, 11) is 0. The molecule has 1 unspecified atom stereocenters. The highest BCUT2D eigenvalue weighted by Crippen LogP contribution is 2.21. The van der Waals surface area contributed by atoms with Gasteiger partial charge < -0.3 is 15.0 Å². The maximum atomic E-state index is 12.5. The van der Waals surface area contributed by atoms with Crippen molar-refractivity contribution in [3.8, 4) is 0 Å². The average molecular weight is 343 g/mol. The summed E-state index contributed by atoms with van der Waals surface area (Å²) in [4.78, 5) is 26.6. The number of amides is 2. The van der Waals surface area contributed by atoms with Crippen LogP contribution in [0, 0.1) is 0 Å². The van der Waals surface area contributed by atoms with Crippen LogP contribution >= 0.6 is 23.4 Å². The molecule has 1 heterocycles. The van der Waals surface area contributed by atoms with E-state index in [2.05, 4.69) is 5.32 Å². The van der Waals surface area contributed by atoms with Gasteiger partial charge in [-0.2, -0.15) is 0 Å². The fraction of sp³-hybridized carbons (Fsp3) is 0.467. The Morgan fingerprint density at radius 3 is 2.55 bits per heavy atom. The molecule has 1 aromatic rings. The molecule has 1 saturated heterocycles. The van der Waals surface area contributed by atoms with E-state index in [4.69, 9.17) is 16.3 Å². The van der Waals surface area contributed by atoms with Gasteiger partial charge in [0.1, 0.15) is 6.04 Å². The number of rotatable bonds is 5. The molecule has 22 heavy (non-hydrogen) atoms. The normalized spacial score (nSPS) is 16.2. The van der Waals surface area contributed by atoms with Crippen LogP contribution in [0.1, 0.15) is 6.92 Å². The number of nitrogens with zero attached hydrogens (tertiary/aromatic N) is 1. The van der Waals surface area contributed by atoms with Crippen LogP contribution in [0.4, 0.5) is 0 Å². The molecule has 7 heteroatoms. The molecule has 0 aromatic heterocycles. The quantitative estimate of drug-likeness (QED) is 0.829. The number of halogens is 1. The van der Waals surface area contributed by atoms with Crippen LogP contribution in [0.3, 0.4) is 0 Å². The van der Waals surface area contributed by atoms with Gasteiger partial charge in [0.2, 0.25) is 11.8 Å². The largest absolute Gasteiger partial charge is 0.378 e. The van der Waals surface area contributed by atoms with Crippen molar-refractivity contribution in [3.63, 3.8) is 0 Å². The summed E-state index contributed by atoms with van der Waals surface area (Å²) >= 11 is 7.38. The second-order valence-corrected chi connectivity index (χ2v) is 6.49. The van der Waals surface area contributed by atoms with Crippen molar-refractivity contribution in [2.24, 2.45) is 0 Å². The lowest BCUT2D eigenvalue weighted by molar-refractivity contribution is -0.138. The third-order valence-corrected chi connectivity index (χ3v) is 4.59. The molecule has 0 spiro atoms. The molecule has 1 fully saturated rings. The van der Waals surface area contributed by atoms with E-state index >= 15 is 0 Å². The van der Waals surface area contributed by atoms with E-state index in [0.29, 0.717) is 37.1 Å². The number of thioether (sulfide) groups is 1. The molecular weight excluding hydrogens is 324 g/mol. The second-order valence-electron chi connectivity index (χ2n) is 4.96. The van der Waals surface area contributed by atoms with Crippen molar-refractivity contribution in [1.82, 2.24) is 10.2 Å². The van der Waals surface area contributed by atoms with Crippen LogP contribution in [0.2, 0.25) is 5.02 Å². The Labute approximate surface area is 139 Å². The zero-order chi connectivity index (χ0) is 15.9. The first-order valence-electron chi connectivity index (χ1n) is 7.08. The predicted molar refractivity (Wildman–Crippen MR) is 87.2 cm³/mol. The van der Waals surface area contributed by atoms with Gasteiger partial charge in [0.05, 0.1) is 13.2 Å². The van der Waals surface area contributed by atoms with Crippen LogP contribution in [0.15, 0.2) is 29.2 Å². The summed E-state index contributed by atoms with van der Waals surface area (Å²) in [5.74, 6) is 0.223. The standard InChI is InChI=1S/C15H19ClN2O3S/c1-11(19)17-14(15(20)18-6-8-21-9-7-18)10-22-13-4-2-12(16)3-5-13/h2-5,14H,6-10H2,1H3,(H,17,19). The lowest BCUT2D eigenvalue weighted by atomic mass is 10.2. The number of carbonyl (C=O) groups is 2. The van der Waals surface area contributed by atoms with Crippen LogP contribution in [-0.2, 0) is 14.3 Å². The number of hydrogen-bond donors (Lipinski definition) is 1. The minimum atomic E-state index is -0.531. The Morgan fingerprint density at radius 1 is 1.32 bits per heavy atom. The highest BCUT2D eigenvalue weighted by Gasteiger charge is 2.26. The first-order valence-corrected chi connectivity index (χ1v) is 8.44. The Hall–Kier alpha value is -1.24. The summed E-state index contributed by atoms with van der Waals surface area (Å²) in [6.45, 7) is 3.65. The molecule has 1 atom stereocenters. The highest BCUT2D eigenvalue weighted by atomic mass is 35.5. The first kappa shape index (κ1) is 17.1. The third kappa shape index (κ3) is 5.19. The molecule has 1 aliphatic heterocycles. The molecule has 0 radical (unpaired) electrons. The molecule has 120 valence electrons. The van der Waals surface area contributed by atoms with Gasteiger partial charge in [0, 0.05) is 35.7 Å². The van der Waals surface area contributed by atoms with E-state index in [1.165, 1.54) is 18.7 Å². The van der Waals surface area contributed by atoms with E-state index in [-0.39, 0.29) is 11.8 Å². The summed E-state index contributed by atoms with van der Waals surface area (Å²) in [5, 5.41) is 3.41. The zero-order valence-electron chi connectivity index (χ0n) is 12.4. The second kappa shape index (κ2) is 8.41. The molecular formula is C15H19ClN2O3S. The molecule has 0 saturated carbocycles. The molecule has 0 bridgehead atoms. The number of carbonyl (C=O) groups excluding carboxylic acids is 2. The fourth-order valence-electron chi connectivity index (χ4n) is 2.13. The Kier molecular flexibility index (Phi) is 6.54. The van der Waals surface area contributed by atoms with Crippen molar-refractivity contribution in [2.75, 3.05) is 32.1 Å². The van der Waals surface area contributed by atoms with Gasteiger partial charge in [0.15, 0.2) is 0 Å². The van der Waals surface area contributed by atoms with E-state index in [1.807, 2.05) is 12.1 Å². The first-order chi connectivity index (χ1) is 10.6. The van der Waals surface area contributed by atoms with Crippen molar-refractivity contribution in [1.29, 1.82) is 0 Å². The summed E-state index contributed by atoms with van der Waals surface area (Å²) in [6, 6.07) is 6.88. The van der Waals surface area contributed by atoms with Crippen molar-refractivity contribution < 1.29 is 14.3 Å². The van der Waals surface area contributed by atoms with Gasteiger partial charge in [-0.05, 0) is 24.3 Å². The van der Waals surface area contributed by atoms with Crippen molar-refractivity contribution in [2.45, 2.75) is 17.9 Å². The number of benzene rings is 1. The maximum absolute atomic E-state index is 12.5. The van der Waals surface area contributed by atoms with Gasteiger partial charge in [-0.15, -0.1) is 11.8 Å². The molecule has 2 amide bonds. The zero-order valence-corrected chi connectivity index (χ0v) is 14.0. The smallest absolute Gasteiger partial charge is 0.246 e. The van der Waals surface area contributed by atoms with E-state index in [9.17, 15) is 9.59 Å². The van der Waals surface area contributed by atoms with Crippen LogP contribution in [-0.4, -0.2) is 54.8 Å². The molecule has 2 rings (SSSR count). The molecule has 5 nitrogen and oxygen atoms in total. The molecule has 1 N–H and O–H groups in total. The average Bonchev–Trinajstić information content (AvgIpc) is 2.53. The van der Waals surface area contributed by atoms with Gasteiger partial charge in [0.25, 0.3) is 0 Å². The van der Waals surface area contributed by atoms with Gasteiger partial charge in [-0.25, -0.2) is 0 Å². The Bertz CT molecular complexity index is 518. The van der Waals surface area contributed by atoms with Crippen LogP contribution in [0.5, 0.6) is 0 Å². The molecule has 0 aliphatic carbocycles. The predicted octanol–water partition coefficient (Wildman–Crippen LogP) is 1.80. The lowest BCUT2D eigenvalue weighted by Crippen LogP contribution is -2.52. The molecule has 1 aromatic carbocycles. The number of ether oxygens (including phenoxy) is 1. The minimum Gasteiger partial charge on any atom is -0.378 e. The lowest BCUT2D eigenvalue weighted by Gasteiger charge is -2.30. The SMILES string of the molecule is CC(=O)NC(CSc1ccc(Cl)cc1)C(=O)N1CCOCC1. The monoisotopic (exact) mass is 342 g/mol. The summed E-state index contributed by atoms with van der Waals surface area (Å²) in [6.07, 6.45) is 0. The van der Waals surface area contributed by atoms with Crippen molar-refractivity contribution in [3.05, 3.63) is 29.3 Å². The number of morpholine rings is 1. The summed E-state index contributed by atoms with van der Waals surface area (Å²) in [5.41, 5.74) is 0. The third-order valence-electron chi connectivity index (χ3n) is 3.23. The number of hydrogen-bond acceptors (Lipinski definition) is 4. The fourth-order valence-corrected chi connectivity index (χ4v) is 3.17. The van der Waals surface area contributed by atoms with E-state index in [1.54, 1.807) is 17.0 Å². The van der Waals surface area contributed by atoms with Crippen LogP contribution < -0.4 is 5.32 Å². The highest BCUT2D eigenvalue weighted by molar-refractivity contribution is 7.99. The van der Waals surface area contributed by atoms with Gasteiger partial charge >= 0.3 is 0 Å². The summed E-state index contributed by atoms with van der Waals surface area (Å²) < 4.78 is 5.25. The van der Waals surface area contributed by atoms with Gasteiger partial charge in [-0.3, -0.25) is 9.59 Å². The van der Waals surface area contributed by atoms with Crippen molar-refractivity contribution >= 4 is 35.2 Å². The van der Waals surface area contributed by atoms with E-state index in [0.717, 1.165) is 4.90 Å². The van der Waals surface area contributed by atoms with E-state index < -0.39 is 6.04 Å². The maximum Gasteiger partial charge on any atom is 0.246 e. The van der Waals surface area contributed by atoms with Gasteiger partial charge in [-0.1, -0.05) is 11.6 Å². The Morgan fingerprint density at radius 2 is 1.95 bits per heavy atom. The minimum absolute atomic E-state index is 0.0556. The number of nitrogens with one attached hydrogen (secondary N) is 1. The van der Waals surface area contributed by atoms with Crippen LogP contribution in [0.25, 0.3) is 0 Å². The molecule has 1 aliphatic rings. The topological polar surface area (TPSA) is 58.6 Å².